The molecule has 0 saturated carbocycles. The van der Waals surface area contributed by atoms with E-state index in [1.807, 2.05) is 18.2 Å². The molecule has 3 rings (SSSR count). The van der Waals surface area contributed by atoms with E-state index in [2.05, 4.69) is 10.6 Å². The number of nitrogens with one attached hydrogen (secondary N) is 2. The Kier molecular flexibility index (Phi) is 4.54. The zero-order valence-electron chi connectivity index (χ0n) is 13.3. The van der Waals surface area contributed by atoms with Crippen LogP contribution in [0.2, 0.25) is 0 Å². The molecule has 128 valence electrons. The van der Waals surface area contributed by atoms with Crippen molar-refractivity contribution in [1.82, 2.24) is 15.5 Å². The highest BCUT2D eigenvalue weighted by molar-refractivity contribution is 6.03. The highest BCUT2D eigenvalue weighted by Crippen LogP contribution is 2.30. The lowest BCUT2D eigenvalue weighted by atomic mass is 9.96. The molecule has 2 N–H and O–H groups in total. The molecule has 8 heteroatoms. The maximum absolute atomic E-state index is 11.9. The van der Waals surface area contributed by atoms with Crippen LogP contribution in [0, 0.1) is 5.92 Å². The molecule has 1 atom stereocenters. The fourth-order valence-electron chi connectivity index (χ4n) is 2.77. The monoisotopic (exact) mass is 333 g/mol. The van der Waals surface area contributed by atoms with Crippen molar-refractivity contribution < 1.29 is 23.9 Å². The van der Waals surface area contributed by atoms with Gasteiger partial charge >= 0.3 is 6.03 Å². The highest BCUT2D eigenvalue weighted by Gasteiger charge is 2.28. The summed E-state index contributed by atoms with van der Waals surface area (Å²) in [4.78, 5) is 35.6. The highest BCUT2D eigenvalue weighted by atomic mass is 16.5. The summed E-state index contributed by atoms with van der Waals surface area (Å²) in [6.45, 7) is 0.754. The SMILES string of the molecule is COc1ccc2c(c1)OC[C@H](CNC(=O)CN1CC(=O)NC1=O)C2. The first-order chi connectivity index (χ1) is 11.5. The van der Waals surface area contributed by atoms with Crippen LogP contribution < -0.4 is 20.1 Å². The Bertz CT molecular complexity index is 676. The minimum absolute atomic E-state index is 0.0754. The molecule has 0 aromatic heterocycles. The molecule has 1 aromatic rings. The predicted octanol–water partition coefficient (Wildman–Crippen LogP) is -0.0857. The van der Waals surface area contributed by atoms with Crippen molar-refractivity contribution in [1.29, 1.82) is 0 Å². The Morgan fingerprint density at radius 1 is 1.46 bits per heavy atom. The quantitative estimate of drug-likeness (QED) is 0.734. The van der Waals surface area contributed by atoms with Crippen molar-refractivity contribution >= 4 is 17.8 Å². The van der Waals surface area contributed by atoms with E-state index in [-0.39, 0.29) is 30.8 Å². The number of rotatable bonds is 5. The number of imide groups is 1. The maximum Gasteiger partial charge on any atom is 0.325 e. The van der Waals surface area contributed by atoms with Crippen LogP contribution in [0.5, 0.6) is 11.5 Å². The van der Waals surface area contributed by atoms with Gasteiger partial charge in [-0.15, -0.1) is 0 Å². The molecule has 0 bridgehead atoms. The summed E-state index contributed by atoms with van der Waals surface area (Å²) in [5.74, 6) is 1.04. The van der Waals surface area contributed by atoms with Gasteiger partial charge in [0, 0.05) is 18.5 Å². The van der Waals surface area contributed by atoms with Gasteiger partial charge < -0.3 is 19.7 Å². The lowest BCUT2D eigenvalue weighted by Crippen LogP contribution is -2.42. The molecule has 1 fully saturated rings. The number of carbonyl (C=O) groups is 3. The third-order valence-corrected chi connectivity index (χ3v) is 4.05. The molecule has 0 unspecified atom stereocenters. The fourth-order valence-corrected chi connectivity index (χ4v) is 2.77. The Balaban J connectivity index is 1.48. The molecule has 4 amide bonds. The number of fused-ring (bicyclic) bond motifs is 1. The Morgan fingerprint density at radius 3 is 3.00 bits per heavy atom. The number of nitrogens with zero attached hydrogens (tertiary/aromatic N) is 1. The molecular weight excluding hydrogens is 314 g/mol. The summed E-state index contributed by atoms with van der Waals surface area (Å²) in [6, 6.07) is 5.17. The first-order valence-corrected chi connectivity index (χ1v) is 7.70. The number of urea groups is 1. The van der Waals surface area contributed by atoms with Crippen LogP contribution in [0.15, 0.2) is 18.2 Å². The van der Waals surface area contributed by atoms with E-state index in [0.717, 1.165) is 23.5 Å². The average molecular weight is 333 g/mol. The summed E-state index contributed by atoms with van der Waals surface area (Å²) in [5.41, 5.74) is 1.07. The molecule has 8 nitrogen and oxygen atoms in total. The third kappa shape index (κ3) is 3.58. The Morgan fingerprint density at radius 2 is 2.29 bits per heavy atom. The molecule has 0 spiro atoms. The average Bonchev–Trinajstić information content (AvgIpc) is 2.89. The van der Waals surface area contributed by atoms with Crippen LogP contribution in [0.3, 0.4) is 0 Å². The minimum Gasteiger partial charge on any atom is -0.497 e. The summed E-state index contributed by atoms with van der Waals surface area (Å²) in [5, 5.41) is 4.93. The van der Waals surface area contributed by atoms with Gasteiger partial charge in [0.15, 0.2) is 0 Å². The standard InChI is InChI=1S/C16H19N3O5/c1-23-12-3-2-11-4-10(9-24-13(11)5-12)6-17-14(20)7-19-8-15(21)18-16(19)22/h2-3,5,10H,4,6-9H2,1H3,(H,17,20)(H,18,21,22)/t10-/m0/s1. The number of hydrogen-bond acceptors (Lipinski definition) is 5. The number of benzene rings is 1. The predicted molar refractivity (Wildman–Crippen MR) is 83.8 cm³/mol. The van der Waals surface area contributed by atoms with Gasteiger partial charge in [0.05, 0.1) is 13.7 Å². The van der Waals surface area contributed by atoms with E-state index in [0.29, 0.717) is 13.2 Å². The van der Waals surface area contributed by atoms with E-state index >= 15 is 0 Å². The lowest BCUT2D eigenvalue weighted by Gasteiger charge is -2.26. The number of methoxy groups -OCH3 is 1. The summed E-state index contributed by atoms with van der Waals surface area (Å²) < 4.78 is 10.9. The molecule has 24 heavy (non-hydrogen) atoms. The van der Waals surface area contributed by atoms with Crippen LogP contribution in [-0.4, -0.2) is 56.1 Å². The van der Waals surface area contributed by atoms with Gasteiger partial charge in [-0.2, -0.15) is 0 Å². The Hall–Kier alpha value is -2.77. The normalized spacial score (nSPS) is 19.4. The maximum atomic E-state index is 11.9. The lowest BCUT2D eigenvalue weighted by molar-refractivity contribution is -0.122. The van der Waals surface area contributed by atoms with Crippen LogP contribution in [0.4, 0.5) is 4.79 Å². The second-order valence-corrected chi connectivity index (χ2v) is 5.87. The third-order valence-electron chi connectivity index (χ3n) is 4.05. The van der Waals surface area contributed by atoms with Crippen molar-refractivity contribution in [3.8, 4) is 11.5 Å². The number of carbonyl (C=O) groups excluding carboxylic acids is 3. The molecule has 1 saturated heterocycles. The zero-order chi connectivity index (χ0) is 17.1. The summed E-state index contributed by atoms with van der Waals surface area (Å²) >= 11 is 0. The zero-order valence-corrected chi connectivity index (χ0v) is 13.3. The van der Waals surface area contributed by atoms with E-state index in [4.69, 9.17) is 9.47 Å². The minimum atomic E-state index is -0.529. The van der Waals surface area contributed by atoms with Gasteiger partial charge in [0.25, 0.3) is 0 Å². The van der Waals surface area contributed by atoms with E-state index < -0.39 is 6.03 Å². The fraction of sp³-hybridized carbons (Fsp3) is 0.438. The Labute approximate surface area is 139 Å². The second-order valence-electron chi connectivity index (χ2n) is 5.87. The van der Waals surface area contributed by atoms with Crippen molar-refractivity contribution in [2.75, 3.05) is 33.4 Å². The topological polar surface area (TPSA) is 97.0 Å². The van der Waals surface area contributed by atoms with Crippen molar-refractivity contribution in [2.45, 2.75) is 6.42 Å². The number of amides is 4. The van der Waals surface area contributed by atoms with E-state index in [1.54, 1.807) is 7.11 Å². The van der Waals surface area contributed by atoms with Gasteiger partial charge in [-0.1, -0.05) is 6.07 Å². The number of hydrogen-bond donors (Lipinski definition) is 2. The molecule has 2 aliphatic rings. The molecule has 0 radical (unpaired) electrons. The summed E-state index contributed by atoms with van der Waals surface area (Å²) in [7, 11) is 1.61. The van der Waals surface area contributed by atoms with Crippen LogP contribution in [0.1, 0.15) is 5.56 Å². The summed E-state index contributed by atoms with van der Waals surface area (Å²) in [6.07, 6.45) is 0.794. The van der Waals surface area contributed by atoms with Crippen LogP contribution in [-0.2, 0) is 16.0 Å². The van der Waals surface area contributed by atoms with E-state index in [9.17, 15) is 14.4 Å². The van der Waals surface area contributed by atoms with Gasteiger partial charge in [-0.25, -0.2) is 4.79 Å². The number of ether oxygens (including phenoxy) is 2. The van der Waals surface area contributed by atoms with Crippen LogP contribution >= 0.6 is 0 Å². The van der Waals surface area contributed by atoms with E-state index in [1.165, 1.54) is 4.90 Å². The first kappa shape index (κ1) is 16.1. The van der Waals surface area contributed by atoms with Crippen molar-refractivity contribution in [2.24, 2.45) is 5.92 Å². The van der Waals surface area contributed by atoms with Gasteiger partial charge in [0.2, 0.25) is 11.8 Å². The van der Waals surface area contributed by atoms with Crippen molar-refractivity contribution in [3.05, 3.63) is 23.8 Å². The van der Waals surface area contributed by atoms with Crippen molar-refractivity contribution in [3.63, 3.8) is 0 Å². The first-order valence-electron chi connectivity index (χ1n) is 7.70. The van der Waals surface area contributed by atoms with Gasteiger partial charge in [-0.05, 0) is 18.1 Å². The van der Waals surface area contributed by atoms with Gasteiger partial charge in [-0.3, -0.25) is 14.9 Å². The molecule has 2 heterocycles. The molecular formula is C16H19N3O5. The largest absolute Gasteiger partial charge is 0.497 e. The van der Waals surface area contributed by atoms with Gasteiger partial charge in [0.1, 0.15) is 24.6 Å². The molecule has 1 aromatic carbocycles. The van der Waals surface area contributed by atoms with Crippen LogP contribution in [0.25, 0.3) is 0 Å². The molecule has 0 aliphatic carbocycles. The molecule has 2 aliphatic heterocycles. The second kappa shape index (κ2) is 6.77. The smallest absolute Gasteiger partial charge is 0.325 e.